The van der Waals surface area contributed by atoms with Gasteiger partial charge in [0, 0.05) is 5.02 Å². The van der Waals surface area contributed by atoms with Crippen LogP contribution in [0.15, 0.2) is 24.3 Å². The first-order chi connectivity index (χ1) is 8.74. The minimum absolute atomic E-state index is 0.358. The fraction of sp³-hybridized carbons (Fsp3) is 0.600. The lowest BCUT2D eigenvalue weighted by molar-refractivity contribution is 0.0782. The van der Waals surface area contributed by atoms with Gasteiger partial charge in [-0.15, -0.1) is 0 Å². The normalized spacial score (nSPS) is 18.6. The molecule has 1 aliphatic carbocycles. The van der Waals surface area contributed by atoms with Crippen LogP contribution in [0.4, 0.5) is 0 Å². The van der Waals surface area contributed by atoms with Crippen LogP contribution in [0.25, 0.3) is 0 Å². The molecule has 0 heterocycles. The first kappa shape index (κ1) is 13.7. The number of ether oxygens (including phenoxy) is 1. The van der Waals surface area contributed by atoms with Crippen molar-refractivity contribution < 1.29 is 9.84 Å². The Balaban J connectivity index is 1.70. The molecule has 0 spiro atoms. The lowest BCUT2D eigenvalue weighted by Gasteiger charge is -2.24. The first-order valence-electron chi connectivity index (χ1n) is 6.80. The molecule has 3 heteroatoms. The molecule has 1 aliphatic rings. The molecule has 1 fully saturated rings. The highest BCUT2D eigenvalue weighted by Gasteiger charge is 2.17. The van der Waals surface area contributed by atoms with Crippen LogP contribution in [-0.4, -0.2) is 17.8 Å². The van der Waals surface area contributed by atoms with E-state index in [0.717, 1.165) is 12.2 Å². The summed E-state index contributed by atoms with van der Waals surface area (Å²) in [5, 5.41) is 10.7. The van der Waals surface area contributed by atoms with Crippen molar-refractivity contribution in [3.05, 3.63) is 29.3 Å². The Bertz CT molecular complexity index is 344. The van der Waals surface area contributed by atoms with Crippen molar-refractivity contribution in [3.8, 4) is 5.75 Å². The SMILES string of the molecule is OC(COc1ccc(Cl)cc1)CC1CCCCC1. The Morgan fingerprint density at radius 1 is 1.17 bits per heavy atom. The second-order valence-electron chi connectivity index (χ2n) is 5.16. The van der Waals surface area contributed by atoms with Crippen LogP contribution in [0.1, 0.15) is 38.5 Å². The molecule has 1 atom stereocenters. The zero-order valence-corrected chi connectivity index (χ0v) is 11.4. The number of hydrogen-bond acceptors (Lipinski definition) is 2. The minimum atomic E-state index is -0.358. The molecule has 1 N–H and O–H groups in total. The molecular formula is C15H21ClO2. The average Bonchev–Trinajstić information content (AvgIpc) is 2.39. The van der Waals surface area contributed by atoms with E-state index in [-0.39, 0.29) is 6.10 Å². The standard InChI is InChI=1S/C15H21ClO2/c16-13-6-8-15(9-7-13)18-11-14(17)10-12-4-2-1-3-5-12/h6-9,12,14,17H,1-5,10-11H2. The van der Waals surface area contributed by atoms with Gasteiger partial charge in [-0.05, 0) is 36.6 Å². The molecule has 1 saturated carbocycles. The van der Waals surface area contributed by atoms with E-state index in [0.29, 0.717) is 17.5 Å². The van der Waals surface area contributed by atoms with Crippen molar-refractivity contribution in [2.75, 3.05) is 6.61 Å². The number of aliphatic hydroxyl groups is 1. The van der Waals surface area contributed by atoms with Gasteiger partial charge in [0.2, 0.25) is 0 Å². The smallest absolute Gasteiger partial charge is 0.119 e. The Morgan fingerprint density at radius 2 is 1.83 bits per heavy atom. The molecule has 0 aromatic heterocycles. The maximum atomic E-state index is 9.97. The topological polar surface area (TPSA) is 29.5 Å². The number of rotatable bonds is 5. The maximum absolute atomic E-state index is 9.97. The van der Waals surface area contributed by atoms with Gasteiger partial charge in [-0.25, -0.2) is 0 Å². The quantitative estimate of drug-likeness (QED) is 0.873. The summed E-state index contributed by atoms with van der Waals surface area (Å²) in [5.41, 5.74) is 0. The summed E-state index contributed by atoms with van der Waals surface area (Å²) in [5.74, 6) is 1.45. The monoisotopic (exact) mass is 268 g/mol. The Kier molecular flexibility index (Phi) is 5.33. The molecule has 100 valence electrons. The van der Waals surface area contributed by atoms with Gasteiger partial charge < -0.3 is 9.84 Å². The summed E-state index contributed by atoms with van der Waals surface area (Å²) in [4.78, 5) is 0. The lowest BCUT2D eigenvalue weighted by atomic mass is 9.85. The Labute approximate surface area is 114 Å². The molecule has 0 saturated heterocycles. The predicted molar refractivity (Wildman–Crippen MR) is 74.1 cm³/mol. The van der Waals surface area contributed by atoms with E-state index in [1.165, 1.54) is 32.1 Å². The molecular weight excluding hydrogens is 248 g/mol. The summed E-state index contributed by atoms with van der Waals surface area (Å²) in [6.45, 7) is 0.373. The van der Waals surface area contributed by atoms with Crippen molar-refractivity contribution in [2.45, 2.75) is 44.6 Å². The zero-order chi connectivity index (χ0) is 12.8. The lowest BCUT2D eigenvalue weighted by Crippen LogP contribution is -2.22. The van der Waals surface area contributed by atoms with Gasteiger partial charge in [-0.2, -0.15) is 0 Å². The van der Waals surface area contributed by atoms with Gasteiger partial charge in [-0.1, -0.05) is 43.7 Å². The van der Waals surface area contributed by atoms with Crippen LogP contribution in [0, 0.1) is 5.92 Å². The van der Waals surface area contributed by atoms with E-state index in [9.17, 15) is 5.11 Å². The Morgan fingerprint density at radius 3 is 2.50 bits per heavy atom. The van der Waals surface area contributed by atoms with E-state index in [4.69, 9.17) is 16.3 Å². The molecule has 1 aromatic rings. The van der Waals surface area contributed by atoms with E-state index in [1.54, 1.807) is 12.1 Å². The van der Waals surface area contributed by atoms with Crippen LogP contribution < -0.4 is 4.74 Å². The summed E-state index contributed by atoms with van der Waals surface area (Å²) in [7, 11) is 0. The third kappa shape index (κ3) is 4.51. The van der Waals surface area contributed by atoms with Gasteiger partial charge >= 0.3 is 0 Å². The average molecular weight is 269 g/mol. The summed E-state index contributed by atoms with van der Waals surface area (Å²) in [6, 6.07) is 7.25. The van der Waals surface area contributed by atoms with E-state index in [1.807, 2.05) is 12.1 Å². The highest BCUT2D eigenvalue weighted by atomic mass is 35.5. The summed E-state index contributed by atoms with van der Waals surface area (Å²) in [6.07, 6.45) is 7.02. The van der Waals surface area contributed by atoms with E-state index < -0.39 is 0 Å². The molecule has 2 rings (SSSR count). The second kappa shape index (κ2) is 7.01. The number of hydrogen-bond donors (Lipinski definition) is 1. The molecule has 0 bridgehead atoms. The molecule has 2 nitrogen and oxygen atoms in total. The van der Waals surface area contributed by atoms with Gasteiger partial charge in [-0.3, -0.25) is 0 Å². The fourth-order valence-electron chi connectivity index (χ4n) is 2.60. The number of benzene rings is 1. The number of aliphatic hydroxyl groups excluding tert-OH is 1. The molecule has 1 aromatic carbocycles. The van der Waals surface area contributed by atoms with E-state index >= 15 is 0 Å². The van der Waals surface area contributed by atoms with Crippen LogP contribution in [-0.2, 0) is 0 Å². The third-order valence-corrected chi connectivity index (χ3v) is 3.84. The van der Waals surface area contributed by atoms with Crippen LogP contribution >= 0.6 is 11.6 Å². The van der Waals surface area contributed by atoms with Crippen LogP contribution in [0.2, 0.25) is 5.02 Å². The van der Waals surface area contributed by atoms with Crippen molar-refractivity contribution in [1.29, 1.82) is 0 Å². The second-order valence-corrected chi connectivity index (χ2v) is 5.59. The highest BCUT2D eigenvalue weighted by molar-refractivity contribution is 6.30. The molecule has 18 heavy (non-hydrogen) atoms. The molecule has 0 amide bonds. The third-order valence-electron chi connectivity index (χ3n) is 3.59. The van der Waals surface area contributed by atoms with Gasteiger partial charge in [0.05, 0.1) is 6.10 Å². The van der Waals surface area contributed by atoms with Crippen LogP contribution in [0.5, 0.6) is 5.75 Å². The largest absolute Gasteiger partial charge is 0.491 e. The highest BCUT2D eigenvalue weighted by Crippen LogP contribution is 2.27. The predicted octanol–water partition coefficient (Wildman–Crippen LogP) is 4.05. The van der Waals surface area contributed by atoms with Crippen LogP contribution in [0.3, 0.4) is 0 Å². The van der Waals surface area contributed by atoms with Gasteiger partial charge in [0.1, 0.15) is 12.4 Å². The van der Waals surface area contributed by atoms with Crippen molar-refractivity contribution in [3.63, 3.8) is 0 Å². The maximum Gasteiger partial charge on any atom is 0.119 e. The Hall–Kier alpha value is -0.730. The zero-order valence-electron chi connectivity index (χ0n) is 10.6. The van der Waals surface area contributed by atoms with E-state index in [2.05, 4.69) is 0 Å². The van der Waals surface area contributed by atoms with Gasteiger partial charge in [0.25, 0.3) is 0 Å². The van der Waals surface area contributed by atoms with Gasteiger partial charge in [0.15, 0.2) is 0 Å². The first-order valence-corrected chi connectivity index (χ1v) is 7.18. The minimum Gasteiger partial charge on any atom is -0.491 e. The van der Waals surface area contributed by atoms with Crippen molar-refractivity contribution in [2.24, 2.45) is 5.92 Å². The molecule has 1 unspecified atom stereocenters. The molecule has 0 radical (unpaired) electrons. The van der Waals surface area contributed by atoms with Crippen molar-refractivity contribution in [1.82, 2.24) is 0 Å². The van der Waals surface area contributed by atoms with Crippen molar-refractivity contribution >= 4 is 11.6 Å². The summed E-state index contributed by atoms with van der Waals surface area (Å²) >= 11 is 5.80. The molecule has 0 aliphatic heterocycles. The fourth-order valence-corrected chi connectivity index (χ4v) is 2.72. The number of halogens is 1. The summed E-state index contributed by atoms with van der Waals surface area (Å²) < 4.78 is 5.56.